The van der Waals surface area contributed by atoms with Crippen LogP contribution in [0, 0.1) is 13.8 Å². The van der Waals surface area contributed by atoms with Gasteiger partial charge in [0.2, 0.25) is 0 Å². The van der Waals surface area contributed by atoms with Crippen LogP contribution in [0.2, 0.25) is 0 Å². The SMILES string of the molecule is Cc1cc(C)c2nc(CC3(N)CCC3)[nH]c2c1. The molecule has 1 heterocycles. The Labute approximate surface area is 101 Å². The van der Waals surface area contributed by atoms with E-state index in [1.54, 1.807) is 0 Å². The van der Waals surface area contributed by atoms with Crippen molar-refractivity contribution in [2.24, 2.45) is 5.73 Å². The number of aryl methyl sites for hydroxylation is 2. The molecule has 0 unspecified atom stereocenters. The predicted molar refractivity (Wildman–Crippen MR) is 70.0 cm³/mol. The van der Waals surface area contributed by atoms with Gasteiger partial charge in [-0.1, -0.05) is 6.07 Å². The number of hydrogen-bond acceptors (Lipinski definition) is 2. The van der Waals surface area contributed by atoms with Crippen LogP contribution in [0.1, 0.15) is 36.2 Å². The monoisotopic (exact) mass is 229 g/mol. The van der Waals surface area contributed by atoms with E-state index in [1.807, 2.05) is 0 Å². The molecule has 2 aromatic rings. The van der Waals surface area contributed by atoms with Crippen molar-refractivity contribution in [3.63, 3.8) is 0 Å². The topological polar surface area (TPSA) is 54.7 Å². The number of aromatic amines is 1. The molecule has 3 rings (SSSR count). The Morgan fingerprint density at radius 2 is 2.12 bits per heavy atom. The van der Waals surface area contributed by atoms with Crippen molar-refractivity contribution in [2.75, 3.05) is 0 Å². The van der Waals surface area contributed by atoms with E-state index in [0.717, 1.165) is 36.1 Å². The fourth-order valence-corrected chi connectivity index (χ4v) is 2.75. The highest BCUT2D eigenvalue weighted by Gasteiger charge is 2.33. The Morgan fingerprint density at radius 1 is 1.35 bits per heavy atom. The van der Waals surface area contributed by atoms with Gasteiger partial charge < -0.3 is 10.7 Å². The molecule has 1 aromatic heterocycles. The number of aromatic nitrogens is 2. The summed E-state index contributed by atoms with van der Waals surface area (Å²) in [6.07, 6.45) is 4.39. The zero-order chi connectivity index (χ0) is 12.0. The summed E-state index contributed by atoms with van der Waals surface area (Å²) in [5.41, 5.74) is 11.0. The Balaban J connectivity index is 1.99. The normalized spacial score (nSPS) is 18.3. The van der Waals surface area contributed by atoms with Gasteiger partial charge in [0.05, 0.1) is 11.0 Å². The minimum absolute atomic E-state index is 0.00315. The van der Waals surface area contributed by atoms with Gasteiger partial charge in [-0.05, 0) is 50.3 Å². The first-order valence-electron chi connectivity index (χ1n) is 6.30. The third-order valence-corrected chi connectivity index (χ3v) is 3.84. The highest BCUT2D eigenvalue weighted by molar-refractivity contribution is 5.79. The summed E-state index contributed by atoms with van der Waals surface area (Å²) in [7, 11) is 0. The van der Waals surface area contributed by atoms with Crippen LogP contribution in [-0.2, 0) is 6.42 Å². The fraction of sp³-hybridized carbons (Fsp3) is 0.500. The maximum atomic E-state index is 6.26. The maximum Gasteiger partial charge on any atom is 0.109 e. The zero-order valence-electron chi connectivity index (χ0n) is 10.5. The number of benzene rings is 1. The molecule has 3 heteroatoms. The average Bonchev–Trinajstić information content (AvgIpc) is 2.58. The second-order valence-electron chi connectivity index (χ2n) is 5.55. The van der Waals surface area contributed by atoms with E-state index in [9.17, 15) is 0 Å². The van der Waals surface area contributed by atoms with E-state index >= 15 is 0 Å². The number of nitrogens with zero attached hydrogens (tertiary/aromatic N) is 1. The van der Waals surface area contributed by atoms with E-state index in [2.05, 4.69) is 35.9 Å². The summed E-state index contributed by atoms with van der Waals surface area (Å²) in [5.74, 6) is 1.04. The molecule has 1 fully saturated rings. The Hall–Kier alpha value is -1.35. The van der Waals surface area contributed by atoms with Gasteiger partial charge in [0.25, 0.3) is 0 Å². The van der Waals surface area contributed by atoms with E-state index in [4.69, 9.17) is 5.73 Å². The van der Waals surface area contributed by atoms with Crippen molar-refractivity contribution in [1.82, 2.24) is 9.97 Å². The highest BCUT2D eigenvalue weighted by atomic mass is 14.9. The first-order chi connectivity index (χ1) is 8.06. The van der Waals surface area contributed by atoms with Gasteiger partial charge >= 0.3 is 0 Å². The molecule has 90 valence electrons. The summed E-state index contributed by atoms with van der Waals surface area (Å²) in [6, 6.07) is 4.33. The predicted octanol–water partition coefficient (Wildman–Crippen LogP) is 2.60. The van der Waals surface area contributed by atoms with Crippen molar-refractivity contribution >= 4 is 11.0 Å². The first kappa shape index (κ1) is 10.8. The van der Waals surface area contributed by atoms with Crippen LogP contribution in [-0.4, -0.2) is 15.5 Å². The summed E-state index contributed by atoms with van der Waals surface area (Å²) < 4.78 is 0. The molecule has 1 aliphatic rings. The van der Waals surface area contributed by atoms with Crippen LogP contribution in [0.25, 0.3) is 11.0 Å². The van der Waals surface area contributed by atoms with Crippen LogP contribution in [0.5, 0.6) is 0 Å². The van der Waals surface area contributed by atoms with Gasteiger partial charge in [-0.25, -0.2) is 4.98 Å². The zero-order valence-corrected chi connectivity index (χ0v) is 10.5. The lowest BCUT2D eigenvalue weighted by atomic mass is 9.75. The number of imidazole rings is 1. The van der Waals surface area contributed by atoms with Crippen molar-refractivity contribution in [2.45, 2.75) is 45.1 Å². The van der Waals surface area contributed by atoms with Crippen molar-refractivity contribution in [3.05, 3.63) is 29.1 Å². The smallest absolute Gasteiger partial charge is 0.109 e. The third kappa shape index (κ3) is 1.84. The average molecular weight is 229 g/mol. The lowest BCUT2D eigenvalue weighted by Crippen LogP contribution is -2.48. The molecular weight excluding hydrogens is 210 g/mol. The minimum atomic E-state index is -0.00315. The molecule has 17 heavy (non-hydrogen) atoms. The van der Waals surface area contributed by atoms with Gasteiger partial charge in [-0.2, -0.15) is 0 Å². The van der Waals surface area contributed by atoms with E-state index in [0.29, 0.717) is 0 Å². The molecule has 0 spiro atoms. The van der Waals surface area contributed by atoms with E-state index in [1.165, 1.54) is 17.5 Å². The quantitative estimate of drug-likeness (QED) is 0.831. The highest BCUT2D eigenvalue weighted by Crippen LogP contribution is 2.32. The molecule has 3 nitrogen and oxygen atoms in total. The van der Waals surface area contributed by atoms with Crippen LogP contribution in [0.15, 0.2) is 12.1 Å². The second kappa shape index (κ2) is 3.57. The summed E-state index contributed by atoms with van der Waals surface area (Å²) in [5, 5.41) is 0. The van der Waals surface area contributed by atoms with Crippen molar-refractivity contribution < 1.29 is 0 Å². The number of H-pyrrole nitrogens is 1. The second-order valence-corrected chi connectivity index (χ2v) is 5.55. The lowest BCUT2D eigenvalue weighted by molar-refractivity contribution is 0.244. The van der Waals surface area contributed by atoms with Gasteiger partial charge in [-0.3, -0.25) is 0 Å². The molecular formula is C14H19N3. The molecule has 0 bridgehead atoms. The molecule has 0 atom stereocenters. The van der Waals surface area contributed by atoms with Crippen LogP contribution < -0.4 is 5.73 Å². The van der Waals surface area contributed by atoms with Gasteiger partial charge in [0.15, 0.2) is 0 Å². The van der Waals surface area contributed by atoms with Crippen LogP contribution in [0.4, 0.5) is 0 Å². The molecule has 0 saturated heterocycles. The molecule has 3 N–H and O–H groups in total. The molecule has 1 aliphatic carbocycles. The van der Waals surface area contributed by atoms with Crippen LogP contribution in [0.3, 0.4) is 0 Å². The number of nitrogens with two attached hydrogens (primary N) is 1. The van der Waals surface area contributed by atoms with Gasteiger partial charge in [0, 0.05) is 12.0 Å². The number of fused-ring (bicyclic) bond motifs is 1. The van der Waals surface area contributed by atoms with Gasteiger partial charge in [0.1, 0.15) is 5.82 Å². The standard InChI is InChI=1S/C14H19N3/c1-9-6-10(2)13-11(7-9)16-12(17-13)8-14(15)4-3-5-14/h6-7H,3-5,8,15H2,1-2H3,(H,16,17). The lowest BCUT2D eigenvalue weighted by Gasteiger charge is -2.37. The van der Waals surface area contributed by atoms with E-state index in [-0.39, 0.29) is 5.54 Å². The third-order valence-electron chi connectivity index (χ3n) is 3.84. The van der Waals surface area contributed by atoms with E-state index < -0.39 is 0 Å². The number of hydrogen-bond donors (Lipinski definition) is 2. The minimum Gasteiger partial charge on any atom is -0.342 e. The Bertz CT molecular complexity index is 564. The summed E-state index contributed by atoms with van der Waals surface area (Å²) in [4.78, 5) is 8.10. The maximum absolute atomic E-state index is 6.26. The Kier molecular flexibility index (Phi) is 2.26. The number of nitrogens with one attached hydrogen (secondary N) is 1. The molecule has 0 amide bonds. The molecule has 1 aromatic carbocycles. The molecule has 1 saturated carbocycles. The van der Waals surface area contributed by atoms with Crippen molar-refractivity contribution in [3.8, 4) is 0 Å². The first-order valence-corrected chi connectivity index (χ1v) is 6.30. The Morgan fingerprint density at radius 3 is 2.76 bits per heavy atom. The largest absolute Gasteiger partial charge is 0.342 e. The van der Waals surface area contributed by atoms with Gasteiger partial charge in [-0.15, -0.1) is 0 Å². The summed E-state index contributed by atoms with van der Waals surface area (Å²) >= 11 is 0. The van der Waals surface area contributed by atoms with Crippen LogP contribution >= 0.6 is 0 Å². The van der Waals surface area contributed by atoms with Crippen molar-refractivity contribution in [1.29, 1.82) is 0 Å². The molecule has 0 aliphatic heterocycles. The fourth-order valence-electron chi connectivity index (χ4n) is 2.75. The number of rotatable bonds is 2. The molecule has 0 radical (unpaired) electrons. The summed E-state index contributed by atoms with van der Waals surface area (Å²) in [6.45, 7) is 4.23.